The Bertz CT molecular complexity index is 601. The van der Waals surface area contributed by atoms with E-state index in [0.717, 1.165) is 51.7 Å². The Morgan fingerprint density at radius 2 is 1.85 bits per heavy atom. The Kier molecular flexibility index (Phi) is 6.33. The number of hydrogen-bond donors (Lipinski definition) is 0. The van der Waals surface area contributed by atoms with Gasteiger partial charge in [-0.05, 0) is 50.9 Å². The summed E-state index contributed by atoms with van der Waals surface area (Å²) in [7, 11) is 2.27. The number of likely N-dealkylation sites (tertiary alicyclic amines) is 2. The molecule has 4 rings (SSSR count). The van der Waals surface area contributed by atoms with Gasteiger partial charge < -0.3 is 14.4 Å². The van der Waals surface area contributed by atoms with Gasteiger partial charge in [0.2, 0.25) is 0 Å². The van der Waals surface area contributed by atoms with Gasteiger partial charge in [0.25, 0.3) is 0 Å². The van der Waals surface area contributed by atoms with Crippen LogP contribution in [0.1, 0.15) is 24.8 Å². The molecule has 0 N–H and O–H groups in total. The average molecular weight is 374 g/mol. The summed E-state index contributed by atoms with van der Waals surface area (Å²) in [4.78, 5) is 7.59. The lowest BCUT2D eigenvalue weighted by atomic mass is 9.79. The standard InChI is InChI=1S/C22H35N3O2/c1-23-10-8-22(18-23)7-4-9-25(19-22)17-20-5-2-3-6-21(20)27-16-13-24-11-14-26-15-12-24/h2-3,5-6H,4,7-19H2,1H3. The number of ether oxygens (including phenoxy) is 2. The number of nitrogens with zero attached hydrogens (tertiary/aromatic N) is 3. The molecule has 0 radical (unpaired) electrons. The molecule has 1 aromatic rings. The minimum absolute atomic E-state index is 0.527. The van der Waals surface area contributed by atoms with E-state index in [2.05, 4.69) is 46.0 Å². The predicted octanol–water partition coefficient (Wildman–Crippen LogP) is 2.32. The second kappa shape index (κ2) is 8.91. The van der Waals surface area contributed by atoms with Crippen LogP contribution >= 0.6 is 0 Å². The molecule has 3 aliphatic heterocycles. The van der Waals surface area contributed by atoms with Crippen LogP contribution in [-0.4, -0.2) is 87.4 Å². The summed E-state index contributed by atoms with van der Waals surface area (Å²) in [6, 6.07) is 8.62. The molecule has 0 bridgehead atoms. The van der Waals surface area contributed by atoms with Crippen LogP contribution in [0.4, 0.5) is 0 Å². The molecule has 5 heteroatoms. The van der Waals surface area contributed by atoms with Crippen LogP contribution in [0.3, 0.4) is 0 Å². The molecule has 0 aromatic heterocycles. The van der Waals surface area contributed by atoms with Crippen molar-refractivity contribution in [3.05, 3.63) is 29.8 Å². The van der Waals surface area contributed by atoms with E-state index in [1.165, 1.54) is 51.0 Å². The van der Waals surface area contributed by atoms with E-state index in [0.29, 0.717) is 5.41 Å². The number of benzene rings is 1. The van der Waals surface area contributed by atoms with Crippen LogP contribution in [0.25, 0.3) is 0 Å². The first kappa shape index (κ1) is 19.2. The molecule has 3 fully saturated rings. The Balaban J connectivity index is 1.32. The molecular weight excluding hydrogens is 338 g/mol. The first-order valence-corrected chi connectivity index (χ1v) is 10.6. The van der Waals surface area contributed by atoms with Crippen LogP contribution in [-0.2, 0) is 11.3 Å². The third-order valence-electron chi connectivity index (χ3n) is 6.50. The highest BCUT2D eigenvalue weighted by atomic mass is 16.5. The molecule has 0 amide bonds. The number of para-hydroxylation sites is 1. The van der Waals surface area contributed by atoms with Crippen molar-refractivity contribution in [3.63, 3.8) is 0 Å². The maximum absolute atomic E-state index is 6.20. The largest absolute Gasteiger partial charge is 0.492 e. The van der Waals surface area contributed by atoms with Crippen LogP contribution in [0.15, 0.2) is 24.3 Å². The number of morpholine rings is 1. The quantitative estimate of drug-likeness (QED) is 0.763. The minimum atomic E-state index is 0.527. The van der Waals surface area contributed by atoms with Gasteiger partial charge in [-0.1, -0.05) is 18.2 Å². The lowest BCUT2D eigenvalue weighted by Crippen LogP contribution is -2.44. The highest BCUT2D eigenvalue weighted by Gasteiger charge is 2.40. The lowest BCUT2D eigenvalue weighted by Gasteiger charge is -2.40. The Morgan fingerprint density at radius 1 is 1.00 bits per heavy atom. The smallest absolute Gasteiger partial charge is 0.123 e. The molecule has 27 heavy (non-hydrogen) atoms. The maximum Gasteiger partial charge on any atom is 0.123 e. The van der Waals surface area contributed by atoms with Crippen LogP contribution in [0.2, 0.25) is 0 Å². The Hall–Kier alpha value is -1.14. The lowest BCUT2D eigenvalue weighted by molar-refractivity contribution is 0.0321. The van der Waals surface area contributed by atoms with Crippen molar-refractivity contribution in [2.45, 2.75) is 25.8 Å². The third kappa shape index (κ3) is 5.02. The highest BCUT2D eigenvalue weighted by Crippen LogP contribution is 2.39. The van der Waals surface area contributed by atoms with Crippen molar-refractivity contribution in [3.8, 4) is 5.75 Å². The van der Waals surface area contributed by atoms with Crippen molar-refractivity contribution in [1.29, 1.82) is 0 Å². The summed E-state index contributed by atoms with van der Waals surface area (Å²) < 4.78 is 11.6. The zero-order valence-corrected chi connectivity index (χ0v) is 16.9. The van der Waals surface area contributed by atoms with Gasteiger partial charge in [0.05, 0.1) is 13.2 Å². The van der Waals surface area contributed by atoms with Crippen molar-refractivity contribution in [1.82, 2.24) is 14.7 Å². The third-order valence-corrected chi connectivity index (χ3v) is 6.50. The molecule has 5 nitrogen and oxygen atoms in total. The van der Waals surface area contributed by atoms with Crippen molar-refractivity contribution >= 4 is 0 Å². The number of hydrogen-bond acceptors (Lipinski definition) is 5. The maximum atomic E-state index is 6.20. The Labute approximate surface area is 164 Å². The number of rotatable bonds is 6. The summed E-state index contributed by atoms with van der Waals surface area (Å²) in [6.07, 6.45) is 4.08. The molecule has 1 spiro atoms. The van der Waals surface area contributed by atoms with Gasteiger partial charge in [0.1, 0.15) is 12.4 Å². The van der Waals surface area contributed by atoms with Gasteiger partial charge in [-0.25, -0.2) is 0 Å². The fraction of sp³-hybridized carbons (Fsp3) is 0.727. The van der Waals surface area contributed by atoms with Crippen LogP contribution in [0.5, 0.6) is 5.75 Å². The van der Waals surface area contributed by atoms with E-state index in [9.17, 15) is 0 Å². The van der Waals surface area contributed by atoms with Crippen LogP contribution in [0, 0.1) is 5.41 Å². The van der Waals surface area contributed by atoms with Crippen molar-refractivity contribution < 1.29 is 9.47 Å². The summed E-state index contributed by atoms with van der Waals surface area (Å²) in [5, 5.41) is 0. The van der Waals surface area contributed by atoms with Gasteiger partial charge in [0, 0.05) is 44.8 Å². The van der Waals surface area contributed by atoms with E-state index < -0.39 is 0 Å². The van der Waals surface area contributed by atoms with E-state index in [1.54, 1.807) is 0 Å². The average Bonchev–Trinajstić information content (AvgIpc) is 3.04. The first-order valence-electron chi connectivity index (χ1n) is 10.6. The second-order valence-electron chi connectivity index (χ2n) is 8.71. The topological polar surface area (TPSA) is 28.2 Å². The molecule has 0 aliphatic carbocycles. The number of piperidine rings is 1. The minimum Gasteiger partial charge on any atom is -0.492 e. The molecule has 1 unspecified atom stereocenters. The summed E-state index contributed by atoms with van der Waals surface area (Å²) in [5.41, 5.74) is 1.86. The van der Waals surface area contributed by atoms with Gasteiger partial charge >= 0.3 is 0 Å². The normalized spacial score (nSPS) is 28.0. The summed E-state index contributed by atoms with van der Waals surface area (Å²) in [5.74, 6) is 1.06. The monoisotopic (exact) mass is 373 g/mol. The fourth-order valence-electron chi connectivity index (χ4n) is 5.06. The SMILES string of the molecule is CN1CCC2(CCCN(Cc3ccccc3OCCN3CCOCC3)C2)C1. The van der Waals surface area contributed by atoms with Crippen molar-refractivity contribution in [2.24, 2.45) is 5.41 Å². The van der Waals surface area contributed by atoms with Gasteiger partial charge in [-0.3, -0.25) is 9.80 Å². The second-order valence-corrected chi connectivity index (χ2v) is 8.71. The zero-order valence-electron chi connectivity index (χ0n) is 16.9. The van der Waals surface area contributed by atoms with Gasteiger partial charge in [0.15, 0.2) is 0 Å². The van der Waals surface area contributed by atoms with E-state index in [1.807, 2.05) is 0 Å². The fourth-order valence-corrected chi connectivity index (χ4v) is 5.06. The summed E-state index contributed by atoms with van der Waals surface area (Å²) in [6.45, 7) is 11.5. The van der Waals surface area contributed by atoms with E-state index >= 15 is 0 Å². The summed E-state index contributed by atoms with van der Waals surface area (Å²) >= 11 is 0. The molecular formula is C22H35N3O2. The van der Waals surface area contributed by atoms with Gasteiger partial charge in [-0.15, -0.1) is 0 Å². The molecule has 150 valence electrons. The van der Waals surface area contributed by atoms with E-state index in [-0.39, 0.29) is 0 Å². The molecule has 3 aliphatic rings. The Morgan fingerprint density at radius 3 is 2.67 bits per heavy atom. The van der Waals surface area contributed by atoms with Crippen LogP contribution < -0.4 is 4.74 Å². The zero-order chi connectivity index (χ0) is 18.5. The molecule has 1 atom stereocenters. The molecule has 0 saturated carbocycles. The molecule has 1 aromatic carbocycles. The first-order chi connectivity index (χ1) is 13.2. The predicted molar refractivity (Wildman–Crippen MR) is 108 cm³/mol. The van der Waals surface area contributed by atoms with Crippen molar-refractivity contribution in [2.75, 3.05) is 72.7 Å². The molecule has 3 heterocycles. The highest BCUT2D eigenvalue weighted by molar-refractivity contribution is 5.33. The van der Waals surface area contributed by atoms with E-state index in [4.69, 9.17) is 9.47 Å². The van der Waals surface area contributed by atoms with Gasteiger partial charge in [-0.2, -0.15) is 0 Å². The molecule has 3 saturated heterocycles.